The second-order valence-corrected chi connectivity index (χ2v) is 5.45. The lowest BCUT2D eigenvalue weighted by atomic mass is 9.93. The van der Waals surface area contributed by atoms with E-state index in [1.54, 1.807) is 25.3 Å². The zero-order valence-electron chi connectivity index (χ0n) is 11.5. The Morgan fingerprint density at radius 3 is 2.71 bits per heavy atom. The third kappa shape index (κ3) is 2.69. The van der Waals surface area contributed by atoms with Crippen molar-refractivity contribution < 1.29 is 13.9 Å². The SMILES string of the molecule is COc1ccc2c(c1)OC(c1ccc(Cl)cc1F)C[C@@H]2N. The van der Waals surface area contributed by atoms with Crippen LogP contribution in [-0.4, -0.2) is 7.11 Å². The molecule has 0 saturated heterocycles. The number of benzene rings is 2. The molecule has 0 fully saturated rings. The fraction of sp³-hybridized carbons (Fsp3) is 0.250. The summed E-state index contributed by atoms with van der Waals surface area (Å²) >= 11 is 5.78. The van der Waals surface area contributed by atoms with Gasteiger partial charge < -0.3 is 15.2 Å². The highest BCUT2D eigenvalue weighted by Gasteiger charge is 2.29. The number of ether oxygens (including phenoxy) is 2. The molecule has 3 nitrogen and oxygen atoms in total. The van der Waals surface area contributed by atoms with Crippen molar-refractivity contribution in [3.05, 3.63) is 58.4 Å². The molecule has 0 amide bonds. The van der Waals surface area contributed by atoms with Crippen LogP contribution in [-0.2, 0) is 0 Å². The predicted octanol–water partition coefficient (Wildman–Crippen LogP) is 4.01. The van der Waals surface area contributed by atoms with Crippen LogP contribution >= 0.6 is 11.6 Å². The van der Waals surface area contributed by atoms with E-state index in [9.17, 15) is 4.39 Å². The van der Waals surface area contributed by atoms with Gasteiger partial charge in [0.2, 0.25) is 0 Å². The number of fused-ring (bicyclic) bond motifs is 1. The Morgan fingerprint density at radius 2 is 2.00 bits per heavy atom. The Hall–Kier alpha value is -1.78. The van der Waals surface area contributed by atoms with Crippen molar-refractivity contribution in [3.8, 4) is 11.5 Å². The largest absolute Gasteiger partial charge is 0.497 e. The first-order chi connectivity index (χ1) is 10.1. The number of halogens is 2. The van der Waals surface area contributed by atoms with Crippen molar-refractivity contribution >= 4 is 11.6 Å². The van der Waals surface area contributed by atoms with Gasteiger partial charge in [0, 0.05) is 34.7 Å². The maximum Gasteiger partial charge on any atom is 0.131 e. The molecule has 2 N–H and O–H groups in total. The van der Waals surface area contributed by atoms with E-state index in [0.717, 1.165) is 5.56 Å². The molecular formula is C16H15ClFNO2. The quantitative estimate of drug-likeness (QED) is 0.911. The van der Waals surface area contributed by atoms with E-state index in [1.165, 1.54) is 6.07 Å². The van der Waals surface area contributed by atoms with Crippen LogP contribution in [0.3, 0.4) is 0 Å². The van der Waals surface area contributed by atoms with E-state index < -0.39 is 6.10 Å². The third-order valence-electron chi connectivity index (χ3n) is 3.67. The van der Waals surface area contributed by atoms with Gasteiger partial charge in [-0.25, -0.2) is 4.39 Å². The highest BCUT2D eigenvalue weighted by Crippen LogP contribution is 2.42. The summed E-state index contributed by atoms with van der Waals surface area (Å²) in [6.45, 7) is 0. The highest BCUT2D eigenvalue weighted by molar-refractivity contribution is 6.30. The van der Waals surface area contributed by atoms with Crippen LogP contribution < -0.4 is 15.2 Å². The molecule has 0 spiro atoms. The highest BCUT2D eigenvalue weighted by atomic mass is 35.5. The molecule has 3 rings (SSSR count). The molecule has 0 aliphatic carbocycles. The fourth-order valence-corrected chi connectivity index (χ4v) is 2.72. The molecule has 2 atom stereocenters. The Bertz CT molecular complexity index is 677. The standard InChI is InChI=1S/C16H15ClFNO2/c1-20-10-3-5-12-14(19)8-16(21-15(12)7-10)11-4-2-9(17)6-13(11)18/h2-7,14,16H,8,19H2,1H3/t14-,16?/m0/s1. The van der Waals surface area contributed by atoms with Gasteiger partial charge >= 0.3 is 0 Å². The lowest BCUT2D eigenvalue weighted by Crippen LogP contribution is -2.24. The summed E-state index contributed by atoms with van der Waals surface area (Å²) in [5.41, 5.74) is 7.54. The third-order valence-corrected chi connectivity index (χ3v) is 3.90. The molecule has 0 bridgehead atoms. The average Bonchev–Trinajstić information content (AvgIpc) is 2.46. The van der Waals surface area contributed by atoms with Gasteiger partial charge in [0.15, 0.2) is 0 Å². The molecule has 0 radical (unpaired) electrons. The lowest BCUT2D eigenvalue weighted by molar-refractivity contribution is 0.157. The van der Waals surface area contributed by atoms with Crippen LogP contribution in [0.2, 0.25) is 5.02 Å². The second-order valence-electron chi connectivity index (χ2n) is 5.02. The zero-order chi connectivity index (χ0) is 15.0. The average molecular weight is 308 g/mol. The monoisotopic (exact) mass is 307 g/mol. The number of methoxy groups -OCH3 is 1. The number of rotatable bonds is 2. The Morgan fingerprint density at radius 1 is 1.24 bits per heavy atom. The van der Waals surface area contributed by atoms with Crippen molar-refractivity contribution in [1.29, 1.82) is 0 Å². The maximum absolute atomic E-state index is 14.1. The molecule has 1 aliphatic rings. The second kappa shape index (κ2) is 5.54. The van der Waals surface area contributed by atoms with Gasteiger partial charge in [-0.05, 0) is 18.2 Å². The predicted molar refractivity (Wildman–Crippen MR) is 79.3 cm³/mol. The first kappa shape index (κ1) is 14.2. The molecule has 0 saturated carbocycles. The molecule has 0 aromatic heterocycles. The van der Waals surface area contributed by atoms with E-state index in [2.05, 4.69) is 0 Å². The summed E-state index contributed by atoms with van der Waals surface area (Å²) in [4.78, 5) is 0. The van der Waals surface area contributed by atoms with Gasteiger partial charge in [-0.2, -0.15) is 0 Å². The molecule has 1 unspecified atom stereocenters. The van der Waals surface area contributed by atoms with E-state index in [1.807, 2.05) is 12.1 Å². The molecule has 2 aromatic rings. The summed E-state index contributed by atoms with van der Waals surface area (Å²) in [7, 11) is 1.58. The summed E-state index contributed by atoms with van der Waals surface area (Å²) in [6, 6.07) is 9.86. The van der Waals surface area contributed by atoms with Gasteiger partial charge in [0.1, 0.15) is 23.4 Å². The molecule has 1 aliphatic heterocycles. The smallest absolute Gasteiger partial charge is 0.131 e. The topological polar surface area (TPSA) is 44.5 Å². The zero-order valence-corrected chi connectivity index (χ0v) is 12.2. The van der Waals surface area contributed by atoms with E-state index in [-0.39, 0.29) is 11.9 Å². The van der Waals surface area contributed by atoms with Gasteiger partial charge in [-0.3, -0.25) is 0 Å². The van der Waals surface area contributed by atoms with Gasteiger partial charge in [-0.15, -0.1) is 0 Å². The normalized spacial score (nSPS) is 20.6. The van der Waals surface area contributed by atoms with Crippen molar-refractivity contribution in [2.24, 2.45) is 5.73 Å². The molecule has 110 valence electrons. The van der Waals surface area contributed by atoms with Gasteiger partial charge in [-0.1, -0.05) is 23.7 Å². The van der Waals surface area contributed by atoms with Crippen LogP contribution in [0.1, 0.15) is 29.7 Å². The minimum absolute atomic E-state index is 0.209. The Kier molecular flexibility index (Phi) is 3.74. The van der Waals surface area contributed by atoms with Crippen LogP contribution in [0.5, 0.6) is 11.5 Å². The van der Waals surface area contributed by atoms with Crippen molar-refractivity contribution in [3.63, 3.8) is 0 Å². The number of nitrogens with two attached hydrogens (primary N) is 1. The molecule has 5 heteroatoms. The van der Waals surface area contributed by atoms with E-state index in [0.29, 0.717) is 28.5 Å². The molecule has 2 aromatic carbocycles. The maximum atomic E-state index is 14.1. The summed E-state index contributed by atoms with van der Waals surface area (Å²) in [6.07, 6.45) is 0.0783. The first-order valence-corrected chi connectivity index (χ1v) is 7.01. The fourth-order valence-electron chi connectivity index (χ4n) is 2.56. The Labute approximate surface area is 127 Å². The summed E-state index contributed by atoms with van der Waals surface area (Å²) in [5.74, 6) is 0.927. The minimum Gasteiger partial charge on any atom is -0.497 e. The van der Waals surface area contributed by atoms with Gasteiger partial charge in [0.05, 0.1) is 7.11 Å². The first-order valence-electron chi connectivity index (χ1n) is 6.63. The van der Waals surface area contributed by atoms with Crippen LogP contribution in [0, 0.1) is 5.82 Å². The summed E-state index contributed by atoms with van der Waals surface area (Å²) in [5, 5.41) is 0.360. The lowest BCUT2D eigenvalue weighted by Gasteiger charge is -2.31. The van der Waals surface area contributed by atoms with Crippen molar-refractivity contribution in [2.75, 3.05) is 7.11 Å². The van der Waals surface area contributed by atoms with Gasteiger partial charge in [0.25, 0.3) is 0 Å². The van der Waals surface area contributed by atoms with Crippen LogP contribution in [0.4, 0.5) is 4.39 Å². The molecule has 21 heavy (non-hydrogen) atoms. The summed E-state index contributed by atoms with van der Waals surface area (Å²) < 4.78 is 25.1. The van der Waals surface area contributed by atoms with Crippen LogP contribution in [0.15, 0.2) is 36.4 Å². The minimum atomic E-state index is -0.433. The van der Waals surface area contributed by atoms with E-state index in [4.69, 9.17) is 26.8 Å². The Balaban J connectivity index is 1.96. The van der Waals surface area contributed by atoms with E-state index >= 15 is 0 Å². The number of hydrogen-bond acceptors (Lipinski definition) is 3. The number of hydrogen-bond donors (Lipinski definition) is 1. The molecule has 1 heterocycles. The van der Waals surface area contributed by atoms with Crippen LogP contribution in [0.25, 0.3) is 0 Å². The van der Waals surface area contributed by atoms with Crippen molar-refractivity contribution in [1.82, 2.24) is 0 Å². The molecular weight excluding hydrogens is 293 g/mol. The van der Waals surface area contributed by atoms with Crippen molar-refractivity contribution in [2.45, 2.75) is 18.6 Å².